The van der Waals surface area contributed by atoms with Crippen molar-refractivity contribution in [3.8, 4) is 0 Å². The van der Waals surface area contributed by atoms with Crippen LogP contribution in [0.15, 0.2) is 17.5 Å². The van der Waals surface area contributed by atoms with E-state index in [1.165, 1.54) is 6.08 Å². The zero-order valence-electron chi connectivity index (χ0n) is 12.5. The smallest absolute Gasteiger partial charge is 0.328 e. The summed E-state index contributed by atoms with van der Waals surface area (Å²) in [6.45, 7) is 8.96. The molecule has 4 nitrogen and oxygen atoms in total. The van der Waals surface area contributed by atoms with E-state index in [0.29, 0.717) is 0 Å². The predicted molar refractivity (Wildman–Crippen MR) is 81.5 cm³/mol. The first kappa shape index (κ1) is 16.4. The van der Waals surface area contributed by atoms with Crippen molar-refractivity contribution in [2.45, 2.75) is 46.3 Å². The average molecular weight is 295 g/mol. The van der Waals surface area contributed by atoms with Gasteiger partial charge in [-0.15, -0.1) is 11.3 Å². The lowest BCUT2D eigenvalue weighted by molar-refractivity contribution is -0.157. The van der Waals surface area contributed by atoms with Crippen LogP contribution in [0.5, 0.6) is 0 Å². The Morgan fingerprint density at radius 2 is 2.05 bits per heavy atom. The molecular weight excluding hydrogens is 274 g/mol. The van der Waals surface area contributed by atoms with Gasteiger partial charge in [-0.2, -0.15) is 0 Å². The van der Waals surface area contributed by atoms with Crippen LogP contribution >= 0.6 is 11.3 Å². The molecule has 1 rings (SSSR count). The Labute approximate surface area is 123 Å². The summed E-state index contributed by atoms with van der Waals surface area (Å²) in [6, 6.07) is 1.32. The summed E-state index contributed by atoms with van der Waals surface area (Å²) < 4.78 is 5.19. The molecule has 0 saturated carbocycles. The molecule has 110 valence electrons. The van der Waals surface area contributed by atoms with Crippen LogP contribution in [0.2, 0.25) is 0 Å². The number of rotatable bonds is 4. The van der Waals surface area contributed by atoms with Gasteiger partial charge in [-0.3, -0.25) is 4.79 Å². The van der Waals surface area contributed by atoms with Crippen molar-refractivity contribution in [1.29, 1.82) is 0 Å². The van der Waals surface area contributed by atoms with Crippen molar-refractivity contribution in [2.24, 2.45) is 0 Å². The second-order valence-corrected chi connectivity index (χ2v) is 6.51. The molecule has 0 aliphatic heterocycles. The van der Waals surface area contributed by atoms with Gasteiger partial charge >= 0.3 is 5.97 Å². The molecular formula is C15H21NO3S. The van der Waals surface area contributed by atoms with E-state index in [9.17, 15) is 9.59 Å². The molecule has 0 spiro atoms. The molecule has 0 aliphatic carbocycles. The predicted octanol–water partition coefficient (Wildman–Crippen LogP) is 2.92. The molecule has 1 aromatic rings. The third-order valence-electron chi connectivity index (χ3n) is 2.41. The van der Waals surface area contributed by atoms with Crippen LogP contribution < -0.4 is 5.32 Å². The molecule has 1 atom stereocenters. The molecule has 0 radical (unpaired) electrons. The third kappa shape index (κ3) is 5.57. The quantitative estimate of drug-likeness (QED) is 0.686. The van der Waals surface area contributed by atoms with E-state index in [1.54, 1.807) is 45.1 Å². The fourth-order valence-electron chi connectivity index (χ4n) is 1.42. The van der Waals surface area contributed by atoms with Crippen LogP contribution in [0.25, 0.3) is 6.08 Å². The van der Waals surface area contributed by atoms with Gasteiger partial charge in [-0.1, -0.05) is 0 Å². The average Bonchev–Trinajstić information content (AvgIpc) is 2.70. The maximum atomic E-state index is 11.7. The first-order chi connectivity index (χ1) is 9.19. The third-order valence-corrected chi connectivity index (χ3v) is 3.39. The highest BCUT2D eigenvalue weighted by Gasteiger charge is 2.22. The van der Waals surface area contributed by atoms with Crippen molar-refractivity contribution in [3.05, 3.63) is 28.0 Å². The number of hydrogen-bond acceptors (Lipinski definition) is 4. The summed E-state index contributed by atoms with van der Waals surface area (Å²) in [5, 5.41) is 4.56. The van der Waals surface area contributed by atoms with Crippen LogP contribution in [0.1, 0.15) is 38.1 Å². The molecule has 1 N–H and O–H groups in total. The van der Waals surface area contributed by atoms with Gasteiger partial charge in [-0.25, -0.2) is 4.79 Å². The second-order valence-electron chi connectivity index (χ2n) is 5.56. The minimum absolute atomic E-state index is 0.309. The Morgan fingerprint density at radius 1 is 1.40 bits per heavy atom. The number of carbonyl (C=O) groups excluding carboxylic acids is 2. The van der Waals surface area contributed by atoms with Gasteiger partial charge in [0.15, 0.2) is 0 Å². The Kier molecular flexibility index (Phi) is 5.51. The number of ether oxygens (including phenoxy) is 1. The fraction of sp³-hybridized carbons (Fsp3) is 0.467. The van der Waals surface area contributed by atoms with E-state index in [2.05, 4.69) is 5.32 Å². The molecule has 5 heteroatoms. The SMILES string of the molecule is Cc1ccsc1/C=C/C(=O)N[C@@H](C)C(=O)OC(C)(C)C. The minimum atomic E-state index is -0.671. The molecule has 0 bridgehead atoms. The van der Waals surface area contributed by atoms with Gasteiger partial charge in [0, 0.05) is 11.0 Å². The summed E-state index contributed by atoms with van der Waals surface area (Å²) in [4.78, 5) is 24.5. The summed E-state index contributed by atoms with van der Waals surface area (Å²) in [5.41, 5.74) is 0.569. The van der Waals surface area contributed by atoms with Crippen LogP contribution in [0, 0.1) is 6.92 Å². The minimum Gasteiger partial charge on any atom is -0.458 e. The highest BCUT2D eigenvalue weighted by molar-refractivity contribution is 7.11. The Bertz CT molecular complexity index is 511. The van der Waals surface area contributed by atoms with Gasteiger partial charge < -0.3 is 10.1 Å². The van der Waals surface area contributed by atoms with E-state index >= 15 is 0 Å². The van der Waals surface area contributed by atoms with E-state index in [-0.39, 0.29) is 5.91 Å². The van der Waals surface area contributed by atoms with Crippen molar-refractivity contribution in [3.63, 3.8) is 0 Å². The molecule has 1 amide bonds. The van der Waals surface area contributed by atoms with Crippen molar-refractivity contribution < 1.29 is 14.3 Å². The summed E-state index contributed by atoms with van der Waals surface area (Å²) in [7, 11) is 0. The second kappa shape index (κ2) is 6.70. The summed E-state index contributed by atoms with van der Waals surface area (Å²) in [5.74, 6) is -0.747. The van der Waals surface area contributed by atoms with Crippen LogP contribution in [-0.2, 0) is 14.3 Å². The lowest BCUT2D eigenvalue weighted by atomic mass is 10.2. The normalized spacial score (nSPS) is 13.2. The Hall–Kier alpha value is -1.62. The number of hydrogen-bond donors (Lipinski definition) is 1. The van der Waals surface area contributed by atoms with Crippen LogP contribution in [0.3, 0.4) is 0 Å². The molecule has 0 unspecified atom stereocenters. The van der Waals surface area contributed by atoms with Gasteiger partial charge in [-0.05, 0) is 57.7 Å². The Morgan fingerprint density at radius 3 is 2.55 bits per heavy atom. The number of thiophene rings is 1. The van der Waals surface area contributed by atoms with Crippen molar-refractivity contribution in [2.75, 3.05) is 0 Å². The van der Waals surface area contributed by atoms with Gasteiger partial charge in [0.2, 0.25) is 5.91 Å². The molecule has 1 heterocycles. The first-order valence-corrected chi connectivity index (χ1v) is 7.32. The number of carbonyl (C=O) groups is 2. The van der Waals surface area contributed by atoms with E-state index in [4.69, 9.17) is 4.74 Å². The standard InChI is InChI=1S/C15H21NO3S/c1-10-8-9-20-12(10)6-7-13(17)16-11(2)14(18)19-15(3,4)5/h6-9,11H,1-5H3,(H,16,17)/b7-6+/t11-/m0/s1. The highest BCUT2D eigenvalue weighted by Crippen LogP contribution is 2.16. The summed E-state index contributed by atoms with van der Waals surface area (Å²) in [6.07, 6.45) is 3.18. The van der Waals surface area contributed by atoms with Gasteiger partial charge in [0.25, 0.3) is 0 Å². The number of esters is 1. The van der Waals surface area contributed by atoms with Crippen LogP contribution in [0.4, 0.5) is 0 Å². The number of aryl methyl sites for hydroxylation is 1. The highest BCUT2D eigenvalue weighted by atomic mass is 32.1. The lowest BCUT2D eigenvalue weighted by Gasteiger charge is -2.22. The zero-order valence-corrected chi connectivity index (χ0v) is 13.3. The molecule has 1 aromatic heterocycles. The van der Waals surface area contributed by atoms with E-state index in [1.807, 2.05) is 18.4 Å². The maximum absolute atomic E-state index is 11.7. The van der Waals surface area contributed by atoms with Crippen LogP contribution in [-0.4, -0.2) is 23.5 Å². The molecule has 20 heavy (non-hydrogen) atoms. The van der Waals surface area contributed by atoms with Crippen molar-refractivity contribution >= 4 is 29.3 Å². The number of amides is 1. The van der Waals surface area contributed by atoms with E-state index in [0.717, 1.165) is 10.4 Å². The van der Waals surface area contributed by atoms with Crippen molar-refractivity contribution in [1.82, 2.24) is 5.32 Å². The zero-order chi connectivity index (χ0) is 15.3. The largest absolute Gasteiger partial charge is 0.458 e. The monoisotopic (exact) mass is 295 g/mol. The topological polar surface area (TPSA) is 55.4 Å². The molecule has 0 aromatic carbocycles. The Balaban J connectivity index is 2.52. The molecule has 0 saturated heterocycles. The molecule has 0 fully saturated rings. The van der Waals surface area contributed by atoms with Gasteiger partial charge in [0.05, 0.1) is 0 Å². The first-order valence-electron chi connectivity index (χ1n) is 6.44. The van der Waals surface area contributed by atoms with Gasteiger partial charge in [0.1, 0.15) is 11.6 Å². The van der Waals surface area contributed by atoms with E-state index < -0.39 is 17.6 Å². The maximum Gasteiger partial charge on any atom is 0.328 e. The lowest BCUT2D eigenvalue weighted by Crippen LogP contribution is -2.41. The summed E-state index contributed by atoms with van der Waals surface area (Å²) >= 11 is 1.57. The fourth-order valence-corrected chi connectivity index (χ4v) is 2.24. The molecule has 0 aliphatic rings. The number of nitrogens with one attached hydrogen (secondary N) is 1.